The summed E-state index contributed by atoms with van der Waals surface area (Å²) in [6, 6.07) is 16.1. The average Bonchev–Trinajstić information content (AvgIpc) is 2.92. The Balaban J connectivity index is 1.86. The minimum atomic E-state index is 0.732. The van der Waals surface area contributed by atoms with Gasteiger partial charge in [0.25, 0.3) is 0 Å². The number of nitrogens with zero attached hydrogens (tertiary/aromatic N) is 3. The Hall–Kier alpha value is -2.62. The predicted molar refractivity (Wildman–Crippen MR) is 79.0 cm³/mol. The number of nitrogen functional groups attached to an aromatic ring is 1. The summed E-state index contributed by atoms with van der Waals surface area (Å²) < 4.78 is 1.99. The minimum Gasteiger partial charge on any atom is -0.399 e. The van der Waals surface area contributed by atoms with Gasteiger partial charge in [0.1, 0.15) is 0 Å². The van der Waals surface area contributed by atoms with E-state index in [2.05, 4.69) is 23.3 Å². The Morgan fingerprint density at radius 3 is 2.85 bits per heavy atom. The molecular weight excluding hydrogens is 248 g/mol. The lowest BCUT2D eigenvalue weighted by atomic mass is 10.0. The van der Waals surface area contributed by atoms with Crippen molar-refractivity contribution in [2.24, 2.45) is 0 Å². The van der Waals surface area contributed by atoms with Gasteiger partial charge in [-0.25, -0.2) is 9.67 Å². The summed E-state index contributed by atoms with van der Waals surface area (Å²) >= 11 is 0. The van der Waals surface area contributed by atoms with Crippen LogP contribution in [0, 0.1) is 0 Å². The third kappa shape index (κ3) is 1.69. The van der Waals surface area contributed by atoms with E-state index in [0.717, 1.165) is 35.9 Å². The highest BCUT2D eigenvalue weighted by atomic mass is 15.3. The number of aryl methyl sites for hydroxylation is 2. The van der Waals surface area contributed by atoms with Crippen LogP contribution < -0.4 is 5.73 Å². The highest BCUT2D eigenvalue weighted by Crippen LogP contribution is 2.29. The highest BCUT2D eigenvalue weighted by Gasteiger charge is 2.19. The fourth-order valence-corrected chi connectivity index (χ4v) is 2.68. The summed E-state index contributed by atoms with van der Waals surface area (Å²) in [5.74, 6) is 1.69. The SMILES string of the molecule is Nc1cccc(-c2nc3n(n2)CCc2ccccc2-3)c1. The first-order valence-corrected chi connectivity index (χ1v) is 6.70. The van der Waals surface area contributed by atoms with Gasteiger partial charge in [0.15, 0.2) is 11.6 Å². The molecule has 0 fully saturated rings. The molecule has 0 unspecified atom stereocenters. The molecule has 4 heteroatoms. The first-order chi connectivity index (χ1) is 9.81. The molecule has 0 amide bonds. The minimum absolute atomic E-state index is 0.732. The van der Waals surface area contributed by atoms with Gasteiger partial charge in [0.05, 0.1) is 0 Å². The Kier molecular flexibility index (Phi) is 2.36. The molecule has 2 heterocycles. The molecule has 1 aliphatic heterocycles. The third-order valence-electron chi connectivity index (χ3n) is 3.67. The summed E-state index contributed by atoms with van der Waals surface area (Å²) in [5, 5.41) is 4.61. The van der Waals surface area contributed by atoms with Crippen LogP contribution in [0.4, 0.5) is 5.69 Å². The Labute approximate surface area is 116 Å². The van der Waals surface area contributed by atoms with Gasteiger partial charge in [-0.1, -0.05) is 36.4 Å². The van der Waals surface area contributed by atoms with Gasteiger partial charge in [-0.3, -0.25) is 0 Å². The van der Waals surface area contributed by atoms with Gasteiger partial charge in [0, 0.05) is 23.4 Å². The summed E-state index contributed by atoms with van der Waals surface area (Å²) in [6.07, 6.45) is 1.00. The van der Waals surface area contributed by atoms with E-state index in [-0.39, 0.29) is 0 Å². The molecule has 2 N–H and O–H groups in total. The molecule has 20 heavy (non-hydrogen) atoms. The van der Waals surface area contributed by atoms with Crippen LogP contribution in [0.2, 0.25) is 0 Å². The number of anilines is 1. The van der Waals surface area contributed by atoms with Gasteiger partial charge in [0.2, 0.25) is 0 Å². The van der Waals surface area contributed by atoms with Gasteiger partial charge in [-0.15, -0.1) is 0 Å². The smallest absolute Gasteiger partial charge is 0.181 e. The summed E-state index contributed by atoms with van der Waals surface area (Å²) in [5.41, 5.74) is 10.0. The second kappa shape index (κ2) is 4.20. The number of fused-ring (bicyclic) bond motifs is 3. The molecule has 98 valence electrons. The molecule has 0 aliphatic carbocycles. The van der Waals surface area contributed by atoms with E-state index in [1.54, 1.807) is 0 Å². The zero-order valence-electron chi connectivity index (χ0n) is 11.0. The zero-order valence-corrected chi connectivity index (χ0v) is 11.0. The monoisotopic (exact) mass is 262 g/mol. The van der Waals surface area contributed by atoms with E-state index < -0.39 is 0 Å². The van der Waals surface area contributed by atoms with Gasteiger partial charge >= 0.3 is 0 Å². The fraction of sp³-hybridized carbons (Fsp3) is 0.125. The highest BCUT2D eigenvalue weighted by molar-refractivity contribution is 5.67. The van der Waals surface area contributed by atoms with Crippen molar-refractivity contribution in [3.05, 3.63) is 54.1 Å². The van der Waals surface area contributed by atoms with Crippen molar-refractivity contribution < 1.29 is 0 Å². The largest absolute Gasteiger partial charge is 0.399 e. The van der Waals surface area contributed by atoms with Crippen LogP contribution >= 0.6 is 0 Å². The van der Waals surface area contributed by atoms with E-state index in [1.807, 2.05) is 35.0 Å². The van der Waals surface area contributed by atoms with Crippen molar-refractivity contribution in [1.29, 1.82) is 0 Å². The lowest BCUT2D eigenvalue weighted by Crippen LogP contribution is -2.11. The Morgan fingerprint density at radius 1 is 1.05 bits per heavy atom. The number of hydrogen-bond donors (Lipinski definition) is 1. The maximum Gasteiger partial charge on any atom is 0.181 e. The quantitative estimate of drug-likeness (QED) is 0.686. The molecule has 3 aromatic rings. The summed E-state index contributed by atoms with van der Waals surface area (Å²) in [7, 11) is 0. The molecule has 1 aromatic heterocycles. The van der Waals surface area contributed by atoms with Gasteiger partial charge in [-0.2, -0.15) is 5.10 Å². The fourth-order valence-electron chi connectivity index (χ4n) is 2.68. The number of hydrogen-bond acceptors (Lipinski definition) is 3. The first-order valence-electron chi connectivity index (χ1n) is 6.70. The molecule has 4 rings (SSSR count). The van der Waals surface area contributed by atoms with Crippen LogP contribution in [0.25, 0.3) is 22.8 Å². The van der Waals surface area contributed by atoms with Crippen molar-refractivity contribution in [2.75, 3.05) is 5.73 Å². The predicted octanol–water partition coefficient (Wildman–Crippen LogP) is 2.75. The first kappa shape index (κ1) is 11.2. The van der Waals surface area contributed by atoms with E-state index in [0.29, 0.717) is 0 Å². The number of benzene rings is 2. The molecule has 0 radical (unpaired) electrons. The Morgan fingerprint density at radius 2 is 1.95 bits per heavy atom. The van der Waals surface area contributed by atoms with Crippen molar-refractivity contribution in [2.45, 2.75) is 13.0 Å². The molecule has 0 spiro atoms. The molecule has 0 atom stereocenters. The van der Waals surface area contributed by atoms with Crippen LogP contribution in [0.5, 0.6) is 0 Å². The average molecular weight is 262 g/mol. The number of rotatable bonds is 1. The van der Waals surface area contributed by atoms with E-state index >= 15 is 0 Å². The molecular formula is C16H14N4. The van der Waals surface area contributed by atoms with Crippen molar-refractivity contribution in [1.82, 2.24) is 14.8 Å². The lowest BCUT2D eigenvalue weighted by Gasteiger charge is -2.15. The normalized spacial score (nSPS) is 12.8. The van der Waals surface area contributed by atoms with E-state index in [1.165, 1.54) is 11.1 Å². The van der Waals surface area contributed by atoms with Gasteiger partial charge in [-0.05, 0) is 24.1 Å². The molecule has 0 saturated carbocycles. The lowest BCUT2D eigenvalue weighted by molar-refractivity contribution is 0.607. The molecule has 2 aromatic carbocycles. The van der Waals surface area contributed by atoms with E-state index in [9.17, 15) is 0 Å². The molecule has 4 nitrogen and oxygen atoms in total. The number of aromatic nitrogens is 3. The molecule has 0 saturated heterocycles. The summed E-state index contributed by atoms with van der Waals surface area (Å²) in [6.45, 7) is 0.877. The maximum atomic E-state index is 5.83. The van der Waals surface area contributed by atoms with Crippen LogP contribution in [0.15, 0.2) is 48.5 Å². The second-order valence-electron chi connectivity index (χ2n) is 5.01. The number of nitrogens with two attached hydrogens (primary N) is 1. The van der Waals surface area contributed by atoms with Crippen LogP contribution in [0.3, 0.4) is 0 Å². The Bertz CT molecular complexity index is 789. The third-order valence-corrected chi connectivity index (χ3v) is 3.67. The maximum absolute atomic E-state index is 5.83. The van der Waals surface area contributed by atoms with E-state index in [4.69, 9.17) is 10.7 Å². The van der Waals surface area contributed by atoms with Crippen molar-refractivity contribution in [3.63, 3.8) is 0 Å². The van der Waals surface area contributed by atoms with Gasteiger partial charge < -0.3 is 5.73 Å². The van der Waals surface area contributed by atoms with Crippen molar-refractivity contribution >= 4 is 5.69 Å². The van der Waals surface area contributed by atoms with Crippen molar-refractivity contribution in [3.8, 4) is 22.8 Å². The van der Waals surface area contributed by atoms with Crippen LogP contribution in [-0.2, 0) is 13.0 Å². The second-order valence-corrected chi connectivity index (χ2v) is 5.01. The zero-order chi connectivity index (χ0) is 13.5. The molecule has 0 bridgehead atoms. The summed E-state index contributed by atoms with van der Waals surface area (Å²) in [4.78, 5) is 4.70. The topological polar surface area (TPSA) is 56.7 Å². The van der Waals surface area contributed by atoms with Crippen LogP contribution in [0.1, 0.15) is 5.56 Å². The van der Waals surface area contributed by atoms with Crippen LogP contribution in [-0.4, -0.2) is 14.8 Å². The molecule has 1 aliphatic rings. The standard InChI is InChI=1S/C16H14N4/c17-13-6-3-5-12(10-13)15-18-16-14-7-2-1-4-11(14)8-9-20(16)19-15/h1-7,10H,8-9,17H2.